The van der Waals surface area contributed by atoms with Crippen molar-refractivity contribution in [2.24, 2.45) is 0 Å². The number of benzene rings is 1. The Bertz CT molecular complexity index is 604. The molecular weight excluding hydrogens is 274 g/mol. The molecule has 1 amide bonds. The molecule has 2 aromatic rings. The first kappa shape index (κ1) is 14.9. The third kappa shape index (κ3) is 3.57. The lowest BCUT2D eigenvalue weighted by Gasteiger charge is -2.33. The molecule has 0 unspecified atom stereocenters. The molecule has 0 bridgehead atoms. The van der Waals surface area contributed by atoms with Gasteiger partial charge in [0.15, 0.2) is 0 Å². The number of aromatic nitrogens is 1. The summed E-state index contributed by atoms with van der Waals surface area (Å²) in [4.78, 5) is 17.4. The van der Waals surface area contributed by atoms with Gasteiger partial charge in [0.25, 0.3) is 5.91 Å². The van der Waals surface area contributed by atoms with Crippen LogP contribution in [0, 0.1) is 0 Å². The second kappa shape index (κ2) is 6.79. The summed E-state index contributed by atoms with van der Waals surface area (Å²) < 4.78 is 0. The lowest BCUT2D eigenvalue weighted by atomic mass is 10.0. The number of nitrogens with zero attached hydrogens (tertiary/aromatic N) is 1. The average Bonchev–Trinajstić information content (AvgIpc) is 3.06. The molecule has 1 fully saturated rings. The number of H-pyrrole nitrogens is 1. The van der Waals surface area contributed by atoms with Crippen molar-refractivity contribution >= 4 is 11.6 Å². The van der Waals surface area contributed by atoms with Crippen molar-refractivity contribution in [3.8, 4) is 0 Å². The Kier molecular flexibility index (Phi) is 4.59. The first-order chi connectivity index (χ1) is 10.7. The Balaban J connectivity index is 1.59. The zero-order valence-electron chi connectivity index (χ0n) is 13.0. The zero-order chi connectivity index (χ0) is 15.4. The molecule has 1 saturated heterocycles. The Morgan fingerprint density at radius 3 is 2.77 bits per heavy atom. The van der Waals surface area contributed by atoms with Gasteiger partial charge in [-0.2, -0.15) is 0 Å². The topological polar surface area (TPSA) is 48.1 Å². The minimum absolute atomic E-state index is 0.0846. The highest BCUT2D eigenvalue weighted by molar-refractivity contribution is 6.04. The number of likely N-dealkylation sites (tertiary alicyclic amines) is 1. The maximum atomic E-state index is 12.0. The van der Waals surface area contributed by atoms with E-state index < -0.39 is 0 Å². The van der Waals surface area contributed by atoms with Crippen LogP contribution in [0.15, 0.2) is 42.7 Å². The summed E-state index contributed by atoms with van der Waals surface area (Å²) in [5, 5.41) is 2.91. The van der Waals surface area contributed by atoms with Crippen molar-refractivity contribution in [2.45, 2.75) is 38.8 Å². The van der Waals surface area contributed by atoms with Gasteiger partial charge in [0.2, 0.25) is 0 Å². The van der Waals surface area contributed by atoms with E-state index in [1.807, 2.05) is 12.1 Å². The first-order valence-corrected chi connectivity index (χ1v) is 7.99. The summed E-state index contributed by atoms with van der Waals surface area (Å²) in [5.41, 5.74) is 2.78. The van der Waals surface area contributed by atoms with Gasteiger partial charge in [0.1, 0.15) is 0 Å². The van der Waals surface area contributed by atoms with Crippen LogP contribution in [-0.4, -0.2) is 28.4 Å². The second-order valence-electron chi connectivity index (χ2n) is 6.07. The molecule has 4 nitrogen and oxygen atoms in total. The summed E-state index contributed by atoms with van der Waals surface area (Å²) in [7, 11) is 0. The standard InChI is InChI=1S/C18H23N3O/c1-14-4-2-3-11-21(14)13-15-5-7-17(8-6-15)20-18(22)16-9-10-19-12-16/h5-10,12,14,19H,2-4,11,13H2,1H3,(H,20,22)/t14-/m1/s1. The third-order valence-corrected chi connectivity index (χ3v) is 4.40. The molecule has 1 aliphatic rings. The molecular formula is C18H23N3O. The molecule has 1 aliphatic heterocycles. The van der Waals surface area contributed by atoms with Crippen LogP contribution < -0.4 is 5.32 Å². The molecule has 0 saturated carbocycles. The van der Waals surface area contributed by atoms with Gasteiger partial charge in [0, 0.05) is 30.7 Å². The Labute approximate surface area is 131 Å². The highest BCUT2D eigenvalue weighted by Gasteiger charge is 2.18. The Morgan fingerprint density at radius 2 is 2.09 bits per heavy atom. The number of amides is 1. The highest BCUT2D eigenvalue weighted by atomic mass is 16.1. The van der Waals surface area contributed by atoms with Crippen molar-refractivity contribution in [1.82, 2.24) is 9.88 Å². The van der Waals surface area contributed by atoms with E-state index in [4.69, 9.17) is 0 Å². The number of piperidine rings is 1. The maximum Gasteiger partial charge on any atom is 0.257 e. The summed E-state index contributed by atoms with van der Waals surface area (Å²) in [6.07, 6.45) is 7.39. The number of rotatable bonds is 4. The van der Waals surface area contributed by atoms with Gasteiger partial charge >= 0.3 is 0 Å². The summed E-state index contributed by atoms with van der Waals surface area (Å²) in [5.74, 6) is -0.0846. The number of hydrogen-bond donors (Lipinski definition) is 2. The highest BCUT2D eigenvalue weighted by Crippen LogP contribution is 2.20. The lowest BCUT2D eigenvalue weighted by molar-refractivity contribution is 0.102. The van der Waals surface area contributed by atoms with Crippen LogP contribution in [0.5, 0.6) is 0 Å². The zero-order valence-corrected chi connectivity index (χ0v) is 13.0. The summed E-state index contributed by atoms with van der Waals surface area (Å²) in [6, 6.07) is 10.6. The number of hydrogen-bond acceptors (Lipinski definition) is 2. The van der Waals surface area contributed by atoms with E-state index >= 15 is 0 Å². The molecule has 3 rings (SSSR count). The van der Waals surface area contributed by atoms with Crippen LogP contribution >= 0.6 is 0 Å². The van der Waals surface area contributed by atoms with E-state index in [0.717, 1.165) is 12.2 Å². The van der Waals surface area contributed by atoms with Crippen molar-refractivity contribution in [3.63, 3.8) is 0 Å². The van der Waals surface area contributed by atoms with Gasteiger partial charge in [0.05, 0.1) is 5.56 Å². The maximum absolute atomic E-state index is 12.0. The van der Waals surface area contributed by atoms with Gasteiger partial charge in [-0.15, -0.1) is 0 Å². The first-order valence-electron chi connectivity index (χ1n) is 7.99. The van der Waals surface area contributed by atoms with E-state index in [1.54, 1.807) is 18.5 Å². The van der Waals surface area contributed by atoms with E-state index in [2.05, 4.69) is 34.3 Å². The van der Waals surface area contributed by atoms with Gasteiger partial charge in [-0.05, 0) is 50.1 Å². The van der Waals surface area contributed by atoms with Gasteiger partial charge < -0.3 is 10.3 Å². The predicted octanol–water partition coefficient (Wildman–Crippen LogP) is 3.64. The minimum Gasteiger partial charge on any atom is -0.367 e. The summed E-state index contributed by atoms with van der Waals surface area (Å²) in [6.45, 7) is 4.49. The fourth-order valence-corrected chi connectivity index (χ4v) is 2.99. The molecule has 1 aromatic carbocycles. The van der Waals surface area contributed by atoms with E-state index in [1.165, 1.54) is 31.4 Å². The normalized spacial score (nSPS) is 19.0. The van der Waals surface area contributed by atoms with Crippen LogP contribution in [0.4, 0.5) is 5.69 Å². The lowest BCUT2D eigenvalue weighted by Crippen LogP contribution is -2.36. The van der Waals surface area contributed by atoms with Crippen molar-refractivity contribution in [2.75, 3.05) is 11.9 Å². The Morgan fingerprint density at radius 1 is 1.27 bits per heavy atom. The summed E-state index contributed by atoms with van der Waals surface area (Å²) >= 11 is 0. The van der Waals surface area contributed by atoms with Gasteiger partial charge in [-0.25, -0.2) is 0 Å². The van der Waals surface area contributed by atoms with Crippen LogP contribution in [0.3, 0.4) is 0 Å². The fraction of sp³-hybridized carbons (Fsp3) is 0.389. The van der Waals surface area contributed by atoms with Crippen molar-refractivity contribution in [3.05, 3.63) is 53.9 Å². The predicted molar refractivity (Wildman–Crippen MR) is 88.9 cm³/mol. The number of anilines is 1. The molecule has 116 valence electrons. The molecule has 1 atom stereocenters. The van der Waals surface area contributed by atoms with Gasteiger partial charge in [-0.1, -0.05) is 18.6 Å². The molecule has 1 aromatic heterocycles. The van der Waals surface area contributed by atoms with Gasteiger partial charge in [-0.3, -0.25) is 9.69 Å². The fourth-order valence-electron chi connectivity index (χ4n) is 2.99. The van der Waals surface area contributed by atoms with Crippen LogP contribution in [0.2, 0.25) is 0 Å². The molecule has 0 spiro atoms. The number of nitrogens with one attached hydrogen (secondary N) is 2. The smallest absolute Gasteiger partial charge is 0.257 e. The number of carbonyl (C=O) groups excluding carboxylic acids is 1. The number of carbonyl (C=O) groups is 1. The van der Waals surface area contributed by atoms with Crippen LogP contribution in [0.25, 0.3) is 0 Å². The largest absolute Gasteiger partial charge is 0.367 e. The van der Waals surface area contributed by atoms with E-state index in [0.29, 0.717) is 11.6 Å². The third-order valence-electron chi connectivity index (χ3n) is 4.40. The minimum atomic E-state index is -0.0846. The van der Waals surface area contributed by atoms with Crippen molar-refractivity contribution < 1.29 is 4.79 Å². The Hall–Kier alpha value is -2.07. The molecule has 2 N–H and O–H groups in total. The molecule has 22 heavy (non-hydrogen) atoms. The average molecular weight is 297 g/mol. The molecule has 4 heteroatoms. The van der Waals surface area contributed by atoms with Crippen LogP contribution in [-0.2, 0) is 6.54 Å². The monoisotopic (exact) mass is 297 g/mol. The second-order valence-corrected chi connectivity index (χ2v) is 6.07. The molecule has 0 radical (unpaired) electrons. The quantitative estimate of drug-likeness (QED) is 0.905. The van der Waals surface area contributed by atoms with E-state index in [9.17, 15) is 4.79 Å². The van der Waals surface area contributed by atoms with Crippen LogP contribution in [0.1, 0.15) is 42.1 Å². The van der Waals surface area contributed by atoms with Crippen molar-refractivity contribution in [1.29, 1.82) is 0 Å². The SMILES string of the molecule is C[C@@H]1CCCCN1Cc1ccc(NC(=O)c2cc[nH]c2)cc1. The number of aromatic amines is 1. The molecule has 0 aliphatic carbocycles. The molecule has 2 heterocycles. The van der Waals surface area contributed by atoms with E-state index in [-0.39, 0.29) is 5.91 Å².